The second-order valence-electron chi connectivity index (χ2n) is 4.45. The molecule has 1 aliphatic rings. The Bertz CT molecular complexity index is 343. The topological polar surface area (TPSA) is 12.0 Å². The van der Waals surface area contributed by atoms with Crippen molar-refractivity contribution in [3.63, 3.8) is 0 Å². The van der Waals surface area contributed by atoms with Gasteiger partial charge in [0.1, 0.15) is 5.82 Å². The fourth-order valence-corrected chi connectivity index (χ4v) is 2.22. The number of halogens is 2. The molecule has 1 unspecified atom stereocenters. The van der Waals surface area contributed by atoms with E-state index in [4.69, 9.17) is 11.6 Å². The second kappa shape index (κ2) is 5.15. The summed E-state index contributed by atoms with van der Waals surface area (Å²) in [6.45, 7) is 3.02. The van der Waals surface area contributed by atoms with Crippen molar-refractivity contribution in [1.29, 1.82) is 0 Å². The van der Waals surface area contributed by atoms with E-state index < -0.39 is 0 Å². The van der Waals surface area contributed by atoms with Gasteiger partial charge >= 0.3 is 0 Å². The average Bonchev–Trinajstić information content (AvgIpc) is 3.06. The third-order valence-corrected chi connectivity index (χ3v) is 3.44. The van der Waals surface area contributed by atoms with Gasteiger partial charge in [0.15, 0.2) is 0 Å². The van der Waals surface area contributed by atoms with Crippen LogP contribution in [0.5, 0.6) is 0 Å². The van der Waals surface area contributed by atoms with Gasteiger partial charge in [0, 0.05) is 16.6 Å². The molecule has 1 aromatic rings. The van der Waals surface area contributed by atoms with Crippen molar-refractivity contribution >= 4 is 11.6 Å². The zero-order valence-corrected chi connectivity index (χ0v) is 10.2. The van der Waals surface area contributed by atoms with Crippen molar-refractivity contribution in [3.05, 3.63) is 34.6 Å². The summed E-state index contributed by atoms with van der Waals surface area (Å²) < 4.78 is 13.7. The molecule has 1 fully saturated rings. The molecule has 0 aliphatic heterocycles. The third kappa shape index (κ3) is 2.74. The van der Waals surface area contributed by atoms with Gasteiger partial charge < -0.3 is 5.32 Å². The molecule has 0 radical (unpaired) electrons. The molecule has 0 bridgehead atoms. The molecule has 1 N–H and O–H groups in total. The molecule has 1 saturated carbocycles. The van der Waals surface area contributed by atoms with E-state index >= 15 is 0 Å². The lowest BCUT2D eigenvalue weighted by Gasteiger charge is -2.19. The second-order valence-corrected chi connectivity index (χ2v) is 4.85. The number of hydrogen-bond acceptors (Lipinski definition) is 1. The molecule has 0 aromatic heterocycles. The minimum absolute atomic E-state index is 0.0364. The van der Waals surface area contributed by atoms with E-state index in [0.717, 1.165) is 18.9 Å². The summed E-state index contributed by atoms with van der Waals surface area (Å²) in [6, 6.07) is 4.91. The molecule has 0 heterocycles. The van der Waals surface area contributed by atoms with Gasteiger partial charge in [0.25, 0.3) is 0 Å². The maximum Gasteiger partial charge on any atom is 0.129 e. The summed E-state index contributed by atoms with van der Waals surface area (Å²) in [5.74, 6) is 0.585. The molecule has 3 heteroatoms. The van der Waals surface area contributed by atoms with Crippen LogP contribution in [0.3, 0.4) is 0 Å². The van der Waals surface area contributed by atoms with Crippen molar-refractivity contribution in [1.82, 2.24) is 5.32 Å². The first kappa shape index (κ1) is 11.9. The third-order valence-electron chi connectivity index (χ3n) is 3.11. The normalized spacial score (nSPS) is 17.4. The van der Waals surface area contributed by atoms with Gasteiger partial charge in [-0.1, -0.05) is 24.6 Å². The molecular weight excluding hydrogens is 225 g/mol. The van der Waals surface area contributed by atoms with Crippen molar-refractivity contribution < 1.29 is 4.39 Å². The summed E-state index contributed by atoms with van der Waals surface area (Å²) in [5.41, 5.74) is 0.618. The van der Waals surface area contributed by atoms with Crippen LogP contribution in [0, 0.1) is 11.7 Å². The van der Waals surface area contributed by atoms with Crippen molar-refractivity contribution in [2.75, 3.05) is 6.54 Å². The van der Waals surface area contributed by atoms with Crippen LogP contribution in [0.25, 0.3) is 0 Å². The summed E-state index contributed by atoms with van der Waals surface area (Å²) in [7, 11) is 0. The molecule has 88 valence electrons. The highest BCUT2D eigenvalue weighted by Crippen LogP contribution is 2.31. The Morgan fingerprint density at radius 3 is 2.81 bits per heavy atom. The lowest BCUT2D eigenvalue weighted by Crippen LogP contribution is -2.24. The fourth-order valence-electron chi connectivity index (χ4n) is 1.93. The summed E-state index contributed by atoms with van der Waals surface area (Å²) in [4.78, 5) is 0. The minimum Gasteiger partial charge on any atom is -0.310 e. The van der Waals surface area contributed by atoms with E-state index in [0.29, 0.717) is 10.6 Å². The lowest BCUT2D eigenvalue weighted by molar-refractivity contribution is 0.477. The number of nitrogens with one attached hydrogen (secondary N) is 1. The number of hydrogen-bond donors (Lipinski definition) is 1. The molecule has 2 rings (SSSR count). The SMILES string of the molecule is CCC(NCC1CC1)c1c(F)cccc1Cl. The van der Waals surface area contributed by atoms with Crippen LogP contribution in [-0.2, 0) is 0 Å². The Morgan fingerprint density at radius 1 is 1.50 bits per heavy atom. The van der Waals surface area contributed by atoms with Crippen LogP contribution in [0.2, 0.25) is 5.02 Å². The van der Waals surface area contributed by atoms with Crippen molar-refractivity contribution in [3.8, 4) is 0 Å². The Balaban J connectivity index is 2.11. The molecule has 0 saturated heterocycles. The standard InChI is InChI=1S/C13H17ClFN/c1-2-12(16-8-9-6-7-9)13-10(14)4-3-5-11(13)15/h3-5,9,12,16H,2,6-8H2,1H3. The van der Waals surface area contributed by atoms with E-state index in [1.807, 2.05) is 6.92 Å². The molecule has 0 spiro atoms. The van der Waals surface area contributed by atoms with Crippen molar-refractivity contribution in [2.24, 2.45) is 5.92 Å². The smallest absolute Gasteiger partial charge is 0.129 e. The van der Waals surface area contributed by atoms with Crippen LogP contribution in [0.15, 0.2) is 18.2 Å². The zero-order valence-electron chi connectivity index (χ0n) is 9.47. The largest absolute Gasteiger partial charge is 0.310 e. The van der Waals surface area contributed by atoms with Gasteiger partial charge in [-0.2, -0.15) is 0 Å². The Morgan fingerprint density at radius 2 is 2.25 bits per heavy atom. The monoisotopic (exact) mass is 241 g/mol. The Hall–Kier alpha value is -0.600. The summed E-state index contributed by atoms with van der Waals surface area (Å²) >= 11 is 6.05. The fraction of sp³-hybridized carbons (Fsp3) is 0.538. The maximum atomic E-state index is 13.7. The minimum atomic E-state index is -0.206. The van der Waals surface area contributed by atoms with Crippen LogP contribution in [0.1, 0.15) is 37.8 Å². The van der Waals surface area contributed by atoms with E-state index in [1.54, 1.807) is 12.1 Å². The highest BCUT2D eigenvalue weighted by molar-refractivity contribution is 6.31. The molecule has 1 aromatic carbocycles. The van der Waals surface area contributed by atoms with Gasteiger partial charge in [-0.05, 0) is 43.9 Å². The van der Waals surface area contributed by atoms with Gasteiger partial charge in [-0.3, -0.25) is 0 Å². The van der Waals surface area contributed by atoms with Crippen LogP contribution < -0.4 is 5.32 Å². The molecule has 1 aliphatic carbocycles. The summed E-state index contributed by atoms with van der Waals surface area (Å²) in [6.07, 6.45) is 3.45. The Labute approximate surface area is 101 Å². The average molecular weight is 242 g/mol. The highest BCUT2D eigenvalue weighted by Gasteiger charge is 2.23. The predicted octanol–water partition coefficient (Wildman–Crippen LogP) is 3.93. The molecule has 1 nitrogen and oxygen atoms in total. The van der Waals surface area contributed by atoms with Gasteiger partial charge in [-0.15, -0.1) is 0 Å². The first-order valence-corrected chi connectivity index (χ1v) is 6.27. The maximum absolute atomic E-state index is 13.7. The molecular formula is C13H17ClFN. The predicted molar refractivity (Wildman–Crippen MR) is 65.2 cm³/mol. The summed E-state index contributed by atoms with van der Waals surface area (Å²) in [5, 5.41) is 3.93. The number of rotatable bonds is 5. The molecule has 16 heavy (non-hydrogen) atoms. The zero-order chi connectivity index (χ0) is 11.5. The van der Waals surface area contributed by atoms with E-state index in [2.05, 4.69) is 5.32 Å². The number of benzene rings is 1. The highest BCUT2D eigenvalue weighted by atomic mass is 35.5. The van der Waals surface area contributed by atoms with Crippen molar-refractivity contribution in [2.45, 2.75) is 32.2 Å². The first-order chi connectivity index (χ1) is 7.72. The van der Waals surface area contributed by atoms with Crippen LogP contribution >= 0.6 is 11.6 Å². The van der Waals surface area contributed by atoms with E-state index in [-0.39, 0.29) is 11.9 Å². The quantitative estimate of drug-likeness (QED) is 0.824. The Kier molecular flexibility index (Phi) is 3.82. The van der Waals surface area contributed by atoms with Crippen LogP contribution in [0.4, 0.5) is 4.39 Å². The van der Waals surface area contributed by atoms with Gasteiger partial charge in [0.05, 0.1) is 0 Å². The molecule has 0 amide bonds. The van der Waals surface area contributed by atoms with Gasteiger partial charge in [-0.25, -0.2) is 4.39 Å². The van der Waals surface area contributed by atoms with E-state index in [9.17, 15) is 4.39 Å². The van der Waals surface area contributed by atoms with Gasteiger partial charge in [0.2, 0.25) is 0 Å². The lowest BCUT2D eigenvalue weighted by atomic mass is 10.0. The molecule has 1 atom stereocenters. The van der Waals surface area contributed by atoms with E-state index in [1.165, 1.54) is 18.9 Å². The first-order valence-electron chi connectivity index (χ1n) is 5.89. The van der Waals surface area contributed by atoms with Crippen LogP contribution in [-0.4, -0.2) is 6.54 Å².